The van der Waals surface area contributed by atoms with Crippen LogP contribution in [0.25, 0.3) is 10.8 Å². The van der Waals surface area contributed by atoms with Crippen LogP contribution in [0.2, 0.25) is 0 Å². The molecule has 1 aromatic carbocycles. The molecule has 1 N–H and O–H groups in total. The fourth-order valence-electron chi connectivity index (χ4n) is 2.28. The number of aryl methyl sites for hydroxylation is 1. The van der Waals surface area contributed by atoms with Crippen LogP contribution in [0.1, 0.15) is 18.4 Å². The normalized spacial score (nSPS) is 10.7. The van der Waals surface area contributed by atoms with Crippen molar-refractivity contribution in [1.29, 1.82) is 0 Å². The number of amides is 1. The van der Waals surface area contributed by atoms with Crippen molar-refractivity contribution >= 4 is 22.9 Å². The summed E-state index contributed by atoms with van der Waals surface area (Å²) < 4.78 is 24.2. The van der Waals surface area contributed by atoms with Crippen molar-refractivity contribution in [2.75, 3.05) is 11.9 Å². The first-order valence-corrected chi connectivity index (χ1v) is 8.66. The lowest BCUT2D eigenvalue weighted by molar-refractivity contribution is -0.115. The zero-order valence-corrected chi connectivity index (χ0v) is 14.7. The van der Waals surface area contributed by atoms with Gasteiger partial charge in [-0.1, -0.05) is 0 Å². The molecule has 2 aromatic heterocycles. The van der Waals surface area contributed by atoms with Gasteiger partial charge in [-0.15, -0.1) is 11.3 Å². The number of carbonyl (C=O) groups is 1. The Hall–Kier alpha value is -2.67. The van der Waals surface area contributed by atoms with Gasteiger partial charge in [0, 0.05) is 11.4 Å². The van der Waals surface area contributed by atoms with E-state index >= 15 is 0 Å². The van der Waals surface area contributed by atoms with E-state index in [9.17, 15) is 9.18 Å². The summed E-state index contributed by atoms with van der Waals surface area (Å²) in [7, 11) is 0. The molecule has 7 heteroatoms. The van der Waals surface area contributed by atoms with Crippen LogP contribution in [0.4, 0.5) is 10.1 Å². The largest absolute Gasteiger partial charge is 0.492 e. The van der Waals surface area contributed by atoms with Gasteiger partial charge in [0.1, 0.15) is 17.3 Å². The van der Waals surface area contributed by atoms with E-state index in [1.165, 1.54) is 29.5 Å². The highest BCUT2D eigenvalue weighted by molar-refractivity contribution is 7.13. The number of nitrogens with zero attached hydrogens (tertiary/aromatic N) is 1. The number of rotatable bonds is 6. The van der Waals surface area contributed by atoms with Crippen LogP contribution < -0.4 is 10.1 Å². The molecule has 2 heterocycles. The maximum atomic E-state index is 13.3. The second kappa shape index (κ2) is 7.48. The first-order valence-electron chi connectivity index (χ1n) is 7.78. The first-order chi connectivity index (χ1) is 12.0. The smallest absolute Gasteiger partial charge is 0.230 e. The number of thiazole rings is 1. The fraction of sp³-hybridized carbons (Fsp3) is 0.222. The topological polar surface area (TPSA) is 64.4 Å². The molecule has 3 rings (SSSR count). The average molecular weight is 360 g/mol. The molecule has 130 valence electrons. The van der Waals surface area contributed by atoms with Gasteiger partial charge in [-0.25, -0.2) is 9.37 Å². The van der Waals surface area contributed by atoms with Crippen LogP contribution in [0.3, 0.4) is 0 Å². The Kier molecular flexibility index (Phi) is 5.14. The third-order valence-electron chi connectivity index (χ3n) is 3.36. The fourth-order valence-corrected chi connectivity index (χ4v) is 3.06. The number of carbonyl (C=O) groups excluding carboxylic acids is 1. The molecule has 0 radical (unpaired) electrons. The number of halogens is 1. The number of aromatic nitrogens is 1. The number of nitrogens with one attached hydrogen (secondary N) is 1. The van der Waals surface area contributed by atoms with Crippen LogP contribution in [0.5, 0.6) is 5.75 Å². The van der Waals surface area contributed by atoms with E-state index in [4.69, 9.17) is 9.15 Å². The third kappa shape index (κ3) is 4.24. The summed E-state index contributed by atoms with van der Waals surface area (Å²) in [6.07, 6.45) is 0.110. The van der Waals surface area contributed by atoms with Crippen molar-refractivity contribution in [3.05, 3.63) is 53.0 Å². The van der Waals surface area contributed by atoms with Crippen molar-refractivity contribution in [2.24, 2.45) is 0 Å². The van der Waals surface area contributed by atoms with E-state index < -0.39 is 5.82 Å². The molecule has 0 atom stereocenters. The van der Waals surface area contributed by atoms with Gasteiger partial charge in [0.15, 0.2) is 10.8 Å². The van der Waals surface area contributed by atoms with Gasteiger partial charge in [0.25, 0.3) is 0 Å². The van der Waals surface area contributed by atoms with Gasteiger partial charge in [-0.3, -0.25) is 4.79 Å². The minimum atomic E-state index is -0.417. The van der Waals surface area contributed by atoms with Crippen LogP contribution >= 0.6 is 11.3 Å². The van der Waals surface area contributed by atoms with Crippen molar-refractivity contribution in [1.82, 2.24) is 4.98 Å². The summed E-state index contributed by atoms with van der Waals surface area (Å²) in [5.74, 6) is 1.14. The monoisotopic (exact) mass is 360 g/mol. The Bertz CT molecular complexity index is 888. The predicted molar refractivity (Wildman–Crippen MR) is 94.5 cm³/mol. The SMILES string of the molecule is CCOc1cc(F)ccc1NC(=O)Cc1csc(-c2ccc(C)o2)n1. The van der Waals surface area contributed by atoms with Crippen LogP contribution in [0, 0.1) is 12.7 Å². The molecule has 1 amide bonds. The van der Waals surface area contributed by atoms with Crippen LogP contribution in [0.15, 0.2) is 40.1 Å². The Morgan fingerprint density at radius 1 is 1.36 bits per heavy atom. The zero-order chi connectivity index (χ0) is 17.8. The Labute approximate surface area is 148 Å². The second-order valence-electron chi connectivity index (χ2n) is 5.35. The van der Waals surface area contributed by atoms with E-state index in [1.807, 2.05) is 24.4 Å². The molecular formula is C18H17FN2O3S. The quantitative estimate of drug-likeness (QED) is 0.706. The van der Waals surface area contributed by atoms with E-state index in [2.05, 4.69) is 10.3 Å². The number of furan rings is 1. The van der Waals surface area contributed by atoms with Gasteiger partial charge in [0.05, 0.1) is 24.4 Å². The van der Waals surface area contributed by atoms with E-state index in [0.29, 0.717) is 29.5 Å². The predicted octanol–water partition coefficient (Wildman–Crippen LogP) is 4.43. The molecule has 0 saturated heterocycles. The lowest BCUT2D eigenvalue weighted by Crippen LogP contribution is -2.15. The zero-order valence-electron chi connectivity index (χ0n) is 13.8. The number of anilines is 1. The minimum absolute atomic E-state index is 0.110. The van der Waals surface area contributed by atoms with Crippen LogP contribution in [-0.4, -0.2) is 17.5 Å². The maximum absolute atomic E-state index is 13.3. The lowest BCUT2D eigenvalue weighted by atomic mass is 10.2. The van der Waals surface area contributed by atoms with Gasteiger partial charge < -0.3 is 14.5 Å². The van der Waals surface area contributed by atoms with E-state index in [1.54, 1.807) is 6.92 Å². The average Bonchev–Trinajstić information content (AvgIpc) is 3.19. The number of ether oxygens (including phenoxy) is 1. The van der Waals surface area contributed by atoms with Gasteiger partial charge in [-0.05, 0) is 38.1 Å². The molecule has 0 aliphatic rings. The van der Waals surface area contributed by atoms with Crippen LogP contribution in [-0.2, 0) is 11.2 Å². The molecule has 0 bridgehead atoms. The highest BCUT2D eigenvalue weighted by atomic mass is 32.1. The maximum Gasteiger partial charge on any atom is 0.230 e. The van der Waals surface area contributed by atoms with Gasteiger partial charge >= 0.3 is 0 Å². The molecule has 5 nitrogen and oxygen atoms in total. The van der Waals surface area contributed by atoms with Crippen molar-refractivity contribution in [3.63, 3.8) is 0 Å². The molecule has 0 aliphatic heterocycles. The number of benzene rings is 1. The van der Waals surface area contributed by atoms with Crippen molar-refractivity contribution in [2.45, 2.75) is 20.3 Å². The summed E-state index contributed by atoms with van der Waals surface area (Å²) in [5, 5.41) is 5.28. The highest BCUT2D eigenvalue weighted by Crippen LogP contribution is 2.27. The number of hydrogen-bond acceptors (Lipinski definition) is 5. The second-order valence-corrected chi connectivity index (χ2v) is 6.21. The lowest BCUT2D eigenvalue weighted by Gasteiger charge is -2.11. The van der Waals surface area contributed by atoms with Crippen molar-refractivity contribution in [3.8, 4) is 16.5 Å². The third-order valence-corrected chi connectivity index (χ3v) is 4.27. The van der Waals surface area contributed by atoms with Gasteiger partial charge in [-0.2, -0.15) is 0 Å². The molecule has 25 heavy (non-hydrogen) atoms. The summed E-state index contributed by atoms with van der Waals surface area (Å²) in [4.78, 5) is 16.7. The van der Waals surface area contributed by atoms with Crippen molar-refractivity contribution < 1.29 is 18.3 Å². The first kappa shape index (κ1) is 17.2. The highest BCUT2D eigenvalue weighted by Gasteiger charge is 2.13. The summed E-state index contributed by atoms with van der Waals surface area (Å²) >= 11 is 1.42. The standard InChI is InChI=1S/C18H17FN2O3S/c1-3-23-16-8-12(19)5-6-14(16)21-17(22)9-13-10-25-18(20-13)15-7-4-11(2)24-15/h4-8,10H,3,9H2,1-2H3,(H,21,22). The van der Waals surface area contributed by atoms with E-state index in [-0.39, 0.29) is 12.3 Å². The summed E-state index contributed by atoms with van der Waals surface area (Å²) in [5.41, 5.74) is 1.08. The Morgan fingerprint density at radius 3 is 2.92 bits per heavy atom. The summed E-state index contributed by atoms with van der Waals surface area (Å²) in [6.45, 7) is 4.04. The van der Waals surface area contributed by atoms with E-state index in [0.717, 1.165) is 10.8 Å². The Balaban J connectivity index is 1.68. The summed E-state index contributed by atoms with van der Waals surface area (Å²) in [6, 6.07) is 7.73. The Morgan fingerprint density at radius 2 is 2.20 bits per heavy atom. The molecule has 0 unspecified atom stereocenters. The molecule has 0 fully saturated rings. The molecule has 0 saturated carbocycles. The molecule has 0 spiro atoms. The molecule has 0 aliphatic carbocycles. The molecule has 3 aromatic rings. The number of hydrogen-bond donors (Lipinski definition) is 1. The minimum Gasteiger partial charge on any atom is -0.492 e. The molecular weight excluding hydrogens is 343 g/mol. The van der Waals surface area contributed by atoms with Gasteiger partial charge in [0.2, 0.25) is 5.91 Å².